The highest BCUT2D eigenvalue weighted by Gasteiger charge is 2.34. The number of imide groups is 1. The minimum Gasteiger partial charge on any atom is -0.329 e. The lowest BCUT2D eigenvalue weighted by Crippen LogP contribution is -2.41. The van der Waals surface area contributed by atoms with Crippen LogP contribution < -0.4 is 5.73 Å². The monoisotopic (exact) mass is 288 g/mol. The third kappa shape index (κ3) is 5.20. The molecule has 0 aliphatic carbocycles. The van der Waals surface area contributed by atoms with Gasteiger partial charge in [0, 0.05) is 18.6 Å². The van der Waals surface area contributed by atoms with Crippen molar-refractivity contribution in [3.05, 3.63) is 0 Å². The van der Waals surface area contributed by atoms with Gasteiger partial charge >= 0.3 is 5.97 Å². The fourth-order valence-electron chi connectivity index (χ4n) is 1.55. The zero-order valence-corrected chi connectivity index (χ0v) is 11.9. The van der Waals surface area contributed by atoms with Gasteiger partial charge in [-0.3, -0.25) is 9.59 Å². The molecule has 108 valence electrons. The van der Waals surface area contributed by atoms with Gasteiger partial charge < -0.3 is 10.6 Å². The highest BCUT2D eigenvalue weighted by molar-refractivity contribution is 7.99. The molecule has 2 N–H and O–H groups in total. The SMILES string of the molecule is CCCCCSCC(N)C(=O)ON1C(=O)CCC1=O. The number of hydroxylamine groups is 2. The van der Waals surface area contributed by atoms with Crippen molar-refractivity contribution >= 4 is 29.5 Å². The summed E-state index contributed by atoms with van der Waals surface area (Å²) in [7, 11) is 0. The van der Waals surface area contributed by atoms with E-state index in [0.717, 1.165) is 25.0 Å². The Morgan fingerprint density at radius 2 is 2.00 bits per heavy atom. The number of carbonyl (C=O) groups is 3. The van der Waals surface area contributed by atoms with Gasteiger partial charge in [0.05, 0.1) is 0 Å². The zero-order valence-electron chi connectivity index (χ0n) is 11.1. The van der Waals surface area contributed by atoms with Crippen LogP contribution in [0.3, 0.4) is 0 Å². The van der Waals surface area contributed by atoms with Crippen molar-refractivity contribution in [1.29, 1.82) is 0 Å². The van der Waals surface area contributed by atoms with E-state index in [0.29, 0.717) is 10.8 Å². The number of nitrogens with two attached hydrogens (primary N) is 1. The lowest BCUT2D eigenvalue weighted by atomic mass is 10.3. The standard InChI is InChI=1S/C12H20N2O4S/c1-2-3-4-7-19-8-9(13)12(17)18-14-10(15)5-6-11(14)16/h9H,2-8,13H2,1H3. The first-order chi connectivity index (χ1) is 9.06. The molecule has 7 heteroatoms. The highest BCUT2D eigenvalue weighted by atomic mass is 32.2. The molecular formula is C12H20N2O4S. The van der Waals surface area contributed by atoms with Crippen molar-refractivity contribution in [1.82, 2.24) is 5.06 Å². The first kappa shape index (κ1) is 16.0. The van der Waals surface area contributed by atoms with E-state index in [2.05, 4.69) is 6.92 Å². The number of unbranched alkanes of at least 4 members (excludes halogenated alkanes) is 2. The predicted octanol–water partition coefficient (Wildman–Crippen LogP) is 0.844. The minimum atomic E-state index is -0.812. The first-order valence-corrected chi connectivity index (χ1v) is 7.62. The van der Waals surface area contributed by atoms with Crippen LogP contribution >= 0.6 is 11.8 Å². The van der Waals surface area contributed by atoms with Crippen LogP contribution in [0.2, 0.25) is 0 Å². The van der Waals surface area contributed by atoms with Gasteiger partial charge in [0.25, 0.3) is 11.8 Å². The molecule has 6 nitrogen and oxygen atoms in total. The van der Waals surface area contributed by atoms with Gasteiger partial charge in [-0.1, -0.05) is 19.8 Å². The van der Waals surface area contributed by atoms with Gasteiger partial charge in [0.15, 0.2) is 0 Å². The number of thioether (sulfide) groups is 1. The molecule has 0 radical (unpaired) electrons. The van der Waals surface area contributed by atoms with E-state index >= 15 is 0 Å². The molecular weight excluding hydrogens is 268 g/mol. The summed E-state index contributed by atoms with van der Waals surface area (Å²) in [5.74, 6) is -0.330. The molecule has 0 bridgehead atoms. The zero-order chi connectivity index (χ0) is 14.3. The van der Waals surface area contributed by atoms with E-state index in [4.69, 9.17) is 10.6 Å². The largest absolute Gasteiger partial charge is 0.350 e. The second-order valence-electron chi connectivity index (χ2n) is 4.38. The van der Waals surface area contributed by atoms with Crippen LogP contribution in [0.15, 0.2) is 0 Å². The Morgan fingerprint density at radius 3 is 2.58 bits per heavy atom. The molecule has 0 spiro atoms. The van der Waals surface area contributed by atoms with Crippen LogP contribution in [-0.4, -0.2) is 40.4 Å². The van der Waals surface area contributed by atoms with E-state index in [-0.39, 0.29) is 12.8 Å². The van der Waals surface area contributed by atoms with Crippen molar-refractivity contribution in [2.24, 2.45) is 5.73 Å². The van der Waals surface area contributed by atoms with E-state index in [1.807, 2.05) is 0 Å². The Hall–Kier alpha value is -1.08. The van der Waals surface area contributed by atoms with E-state index in [1.165, 1.54) is 0 Å². The molecule has 1 aliphatic heterocycles. The molecule has 0 aromatic carbocycles. The maximum absolute atomic E-state index is 11.6. The molecule has 19 heavy (non-hydrogen) atoms. The number of amides is 2. The summed E-state index contributed by atoms with van der Waals surface area (Å²) >= 11 is 1.57. The first-order valence-electron chi connectivity index (χ1n) is 6.47. The maximum Gasteiger partial charge on any atom is 0.350 e. The summed E-state index contributed by atoms with van der Waals surface area (Å²) in [6, 6.07) is -0.812. The molecule has 1 rings (SSSR count). The van der Waals surface area contributed by atoms with Gasteiger partial charge in [-0.05, 0) is 12.2 Å². The summed E-state index contributed by atoms with van der Waals surface area (Å²) in [6.07, 6.45) is 3.57. The van der Waals surface area contributed by atoms with Gasteiger partial charge in [-0.2, -0.15) is 11.8 Å². The highest BCUT2D eigenvalue weighted by Crippen LogP contribution is 2.13. The molecule has 2 amide bonds. The van der Waals surface area contributed by atoms with E-state index < -0.39 is 23.8 Å². The molecule has 1 fully saturated rings. The molecule has 0 aromatic heterocycles. The second kappa shape index (κ2) is 8.16. The Kier molecular flexibility index (Phi) is 6.86. The van der Waals surface area contributed by atoms with Crippen LogP contribution in [-0.2, 0) is 19.2 Å². The summed E-state index contributed by atoms with van der Waals surface area (Å²) in [5.41, 5.74) is 5.66. The molecule has 1 aliphatic rings. The number of rotatable bonds is 8. The van der Waals surface area contributed by atoms with E-state index in [9.17, 15) is 14.4 Å². The van der Waals surface area contributed by atoms with Crippen LogP contribution in [0, 0.1) is 0 Å². The second-order valence-corrected chi connectivity index (χ2v) is 5.53. The smallest absolute Gasteiger partial charge is 0.329 e. The van der Waals surface area contributed by atoms with Crippen LogP contribution in [0.25, 0.3) is 0 Å². The number of nitrogens with zero attached hydrogens (tertiary/aromatic N) is 1. The fraction of sp³-hybridized carbons (Fsp3) is 0.750. The Labute approximate surface area is 117 Å². The maximum atomic E-state index is 11.6. The van der Waals surface area contributed by atoms with Crippen molar-refractivity contribution in [3.8, 4) is 0 Å². The minimum absolute atomic E-state index is 0.0904. The van der Waals surface area contributed by atoms with Crippen molar-refractivity contribution in [3.63, 3.8) is 0 Å². The number of carbonyl (C=O) groups excluding carboxylic acids is 3. The quantitative estimate of drug-likeness (QED) is 0.526. The van der Waals surface area contributed by atoms with Crippen molar-refractivity contribution in [2.45, 2.75) is 45.1 Å². The summed E-state index contributed by atoms with van der Waals surface area (Å²) in [5, 5.41) is 0.532. The third-order valence-corrected chi connectivity index (χ3v) is 3.85. The molecule has 1 heterocycles. The molecule has 1 unspecified atom stereocenters. The fourth-order valence-corrected chi connectivity index (χ4v) is 2.51. The van der Waals surface area contributed by atoms with Crippen molar-refractivity contribution in [2.75, 3.05) is 11.5 Å². The summed E-state index contributed by atoms with van der Waals surface area (Å²) in [4.78, 5) is 38.8. The number of hydrogen-bond donors (Lipinski definition) is 1. The molecule has 1 saturated heterocycles. The van der Waals surface area contributed by atoms with Gasteiger partial charge in [-0.25, -0.2) is 4.79 Å². The average Bonchev–Trinajstić information content (AvgIpc) is 2.70. The van der Waals surface area contributed by atoms with Gasteiger partial charge in [0.2, 0.25) is 0 Å². The molecule has 0 saturated carbocycles. The van der Waals surface area contributed by atoms with E-state index in [1.54, 1.807) is 11.8 Å². The normalized spacial score (nSPS) is 16.8. The molecule has 1 atom stereocenters. The van der Waals surface area contributed by atoms with Crippen molar-refractivity contribution < 1.29 is 19.2 Å². The van der Waals surface area contributed by atoms with Crippen LogP contribution in [0.4, 0.5) is 0 Å². The lowest BCUT2D eigenvalue weighted by molar-refractivity contribution is -0.198. The number of hydrogen-bond acceptors (Lipinski definition) is 6. The van der Waals surface area contributed by atoms with Crippen LogP contribution in [0.1, 0.15) is 39.0 Å². The summed E-state index contributed by atoms with van der Waals surface area (Å²) in [6.45, 7) is 2.12. The Balaban J connectivity index is 2.24. The topological polar surface area (TPSA) is 89.7 Å². The third-order valence-electron chi connectivity index (χ3n) is 2.68. The Bertz CT molecular complexity index is 333. The average molecular weight is 288 g/mol. The van der Waals surface area contributed by atoms with Gasteiger partial charge in [0.1, 0.15) is 6.04 Å². The predicted molar refractivity (Wildman–Crippen MR) is 72.0 cm³/mol. The van der Waals surface area contributed by atoms with Gasteiger partial charge in [-0.15, -0.1) is 5.06 Å². The van der Waals surface area contributed by atoms with Crippen LogP contribution in [0.5, 0.6) is 0 Å². The summed E-state index contributed by atoms with van der Waals surface area (Å²) < 4.78 is 0. The molecule has 0 aromatic rings. The Morgan fingerprint density at radius 1 is 1.37 bits per heavy atom. The lowest BCUT2D eigenvalue weighted by Gasteiger charge is -2.15.